The predicted octanol–water partition coefficient (Wildman–Crippen LogP) is 4.14. The number of pyridine rings is 1. The van der Waals surface area contributed by atoms with Gasteiger partial charge in [0.2, 0.25) is 0 Å². The van der Waals surface area contributed by atoms with Gasteiger partial charge < -0.3 is 8.97 Å². The minimum atomic E-state index is 0.782. The van der Waals surface area contributed by atoms with Crippen molar-refractivity contribution in [3.63, 3.8) is 0 Å². The van der Waals surface area contributed by atoms with Crippen LogP contribution in [-0.4, -0.2) is 24.1 Å². The molecule has 4 rings (SSSR count). The molecule has 0 fully saturated rings. The summed E-state index contributed by atoms with van der Waals surface area (Å²) in [4.78, 5) is 4.68. The monoisotopic (exact) mass is 363 g/mol. The summed E-state index contributed by atoms with van der Waals surface area (Å²) in [5.41, 5.74) is 4.51. The third-order valence-corrected chi connectivity index (χ3v) is 5.31. The molecular formula is C20H21N5S. The highest BCUT2D eigenvalue weighted by Crippen LogP contribution is 2.23. The average molecular weight is 363 g/mol. The molecule has 5 nitrogen and oxygen atoms in total. The van der Waals surface area contributed by atoms with Crippen LogP contribution in [-0.2, 0) is 18.7 Å². The van der Waals surface area contributed by atoms with Crippen LogP contribution in [0.5, 0.6) is 0 Å². The number of aromatic nitrogens is 5. The first-order valence-corrected chi connectivity index (χ1v) is 9.74. The second-order valence-corrected chi connectivity index (χ2v) is 7.24. The van der Waals surface area contributed by atoms with Crippen LogP contribution >= 0.6 is 11.8 Å². The highest BCUT2D eigenvalue weighted by atomic mass is 32.2. The van der Waals surface area contributed by atoms with Crippen molar-refractivity contribution in [3.8, 4) is 0 Å². The molecule has 3 heterocycles. The van der Waals surface area contributed by atoms with Gasteiger partial charge in [-0.2, -0.15) is 0 Å². The molecule has 26 heavy (non-hydrogen) atoms. The SMILES string of the molecule is CCn1c(Cc2ccccc2)nnc1SCc1cn2cc(C)ccc2n1. The normalized spacial score (nSPS) is 11.3. The maximum atomic E-state index is 4.68. The molecule has 0 unspecified atom stereocenters. The smallest absolute Gasteiger partial charge is 0.191 e. The van der Waals surface area contributed by atoms with Gasteiger partial charge in [0.05, 0.1) is 5.69 Å². The van der Waals surface area contributed by atoms with Crippen LogP contribution < -0.4 is 0 Å². The van der Waals surface area contributed by atoms with Crippen molar-refractivity contribution in [2.45, 2.75) is 37.7 Å². The van der Waals surface area contributed by atoms with Gasteiger partial charge in [0.15, 0.2) is 5.16 Å². The number of imidazole rings is 1. The fourth-order valence-electron chi connectivity index (χ4n) is 3.02. The molecule has 0 N–H and O–H groups in total. The van der Waals surface area contributed by atoms with Crippen molar-refractivity contribution in [1.29, 1.82) is 0 Å². The van der Waals surface area contributed by atoms with Gasteiger partial charge in [-0.25, -0.2) is 4.98 Å². The molecule has 0 saturated heterocycles. The van der Waals surface area contributed by atoms with Crippen molar-refractivity contribution in [2.75, 3.05) is 0 Å². The summed E-state index contributed by atoms with van der Waals surface area (Å²) in [5.74, 6) is 1.79. The molecular weight excluding hydrogens is 342 g/mol. The number of hydrogen-bond donors (Lipinski definition) is 0. The van der Waals surface area contributed by atoms with Gasteiger partial charge in [-0.3, -0.25) is 0 Å². The molecule has 0 bridgehead atoms. The quantitative estimate of drug-likeness (QED) is 0.483. The van der Waals surface area contributed by atoms with Crippen LogP contribution in [0.3, 0.4) is 0 Å². The fourth-order valence-corrected chi connectivity index (χ4v) is 3.92. The van der Waals surface area contributed by atoms with Crippen LogP contribution in [0.4, 0.5) is 0 Å². The zero-order chi connectivity index (χ0) is 17.9. The zero-order valence-electron chi connectivity index (χ0n) is 15.0. The molecule has 0 aliphatic rings. The largest absolute Gasteiger partial charge is 0.307 e. The van der Waals surface area contributed by atoms with Crippen molar-refractivity contribution in [2.24, 2.45) is 0 Å². The van der Waals surface area contributed by atoms with Gasteiger partial charge in [-0.1, -0.05) is 48.2 Å². The van der Waals surface area contributed by atoms with E-state index in [1.54, 1.807) is 11.8 Å². The number of thioether (sulfide) groups is 1. The van der Waals surface area contributed by atoms with Crippen molar-refractivity contribution in [3.05, 3.63) is 77.5 Å². The standard InChI is InChI=1S/C20H21N5S/c1-3-25-19(11-16-7-5-4-6-8-16)22-23-20(25)26-14-17-13-24-12-15(2)9-10-18(24)21-17/h4-10,12-13H,3,11,14H2,1-2H3. The summed E-state index contributed by atoms with van der Waals surface area (Å²) < 4.78 is 4.27. The van der Waals surface area contributed by atoms with E-state index in [0.717, 1.165) is 41.0 Å². The van der Waals surface area contributed by atoms with Gasteiger partial charge in [-0.15, -0.1) is 10.2 Å². The summed E-state index contributed by atoms with van der Waals surface area (Å²) in [5, 5.41) is 9.77. The molecule has 0 spiro atoms. The van der Waals surface area contributed by atoms with E-state index in [0.29, 0.717) is 0 Å². The van der Waals surface area contributed by atoms with E-state index in [2.05, 4.69) is 86.8 Å². The number of hydrogen-bond acceptors (Lipinski definition) is 4. The Kier molecular flexibility index (Phi) is 4.75. The summed E-state index contributed by atoms with van der Waals surface area (Å²) in [7, 11) is 0. The Morgan fingerprint density at radius 3 is 2.65 bits per heavy atom. The lowest BCUT2D eigenvalue weighted by Gasteiger charge is -2.06. The van der Waals surface area contributed by atoms with E-state index < -0.39 is 0 Å². The Morgan fingerprint density at radius 2 is 1.85 bits per heavy atom. The summed E-state index contributed by atoms with van der Waals surface area (Å²) in [6.07, 6.45) is 4.99. The Bertz CT molecular complexity index is 1020. The number of fused-ring (bicyclic) bond motifs is 1. The topological polar surface area (TPSA) is 48.0 Å². The second-order valence-electron chi connectivity index (χ2n) is 6.30. The summed E-state index contributed by atoms with van der Waals surface area (Å²) in [6.45, 7) is 5.09. The van der Waals surface area contributed by atoms with E-state index in [4.69, 9.17) is 0 Å². The van der Waals surface area contributed by atoms with Crippen molar-refractivity contribution < 1.29 is 0 Å². The molecule has 6 heteroatoms. The lowest BCUT2D eigenvalue weighted by atomic mass is 10.1. The number of benzene rings is 1. The van der Waals surface area contributed by atoms with E-state index in [1.165, 1.54) is 11.1 Å². The van der Waals surface area contributed by atoms with Gasteiger partial charge in [0.1, 0.15) is 11.5 Å². The zero-order valence-corrected chi connectivity index (χ0v) is 15.8. The fraction of sp³-hybridized carbons (Fsp3) is 0.250. The third-order valence-electron chi connectivity index (χ3n) is 4.31. The predicted molar refractivity (Wildman–Crippen MR) is 104 cm³/mol. The van der Waals surface area contributed by atoms with Crippen molar-refractivity contribution in [1.82, 2.24) is 24.1 Å². The second kappa shape index (κ2) is 7.33. The highest BCUT2D eigenvalue weighted by molar-refractivity contribution is 7.98. The lowest BCUT2D eigenvalue weighted by molar-refractivity contribution is 0.651. The number of nitrogens with zero attached hydrogens (tertiary/aromatic N) is 5. The van der Waals surface area contributed by atoms with E-state index in [-0.39, 0.29) is 0 Å². The minimum absolute atomic E-state index is 0.782. The molecule has 0 amide bonds. The molecule has 0 radical (unpaired) electrons. The summed E-state index contributed by atoms with van der Waals surface area (Å²) >= 11 is 1.69. The molecule has 1 aromatic carbocycles. The van der Waals surface area contributed by atoms with Crippen LogP contribution in [0.15, 0.2) is 60.0 Å². The minimum Gasteiger partial charge on any atom is -0.307 e. The molecule has 0 saturated carbocycles. The molecule has 132 valence electrons. The Balaban J connectivity index is 1.50. The Labute approximate surface area is 157 Å². The van der Waals surface area contributed by atoms with Crippen LogP contribution in [0, 0.1) is 6.92 Å². The lowest BCUT2D eigenvalue weighted by Crippen LogP contribution is -2.04. The van der Waals surface area contributed by atoms with Crippen LogP contribution in [0.1, 0.15) is 29.6 Å². The van der Waals surface area contributed by atoms with Crippen LogP contribution in [0.25, 0.3) is 5.65 Å². The van der Waals surface area contributed by atoms with Gasteiger partial charge >= 0.3 is 0 Å². The van der Waals surface area contributed by atoms with Gasteiger partial charge in [-0.05, 0) is 31.0 Å². The maximum absolute atomic E-state index is 4.68. The first-order valence-electron chi connectivity index (χ1n) is 8.76. The average Bonchev–Trinajstić information content (AvgIpc) is 3.23. The molecule has 0 aliphatic heterocycles. The number of rotatable bonds is 6. The molecule has 3 aromatic heterocycles. The molecule has 4 aromatic rings. The third kappa shape index (κ3) is 3.51. The Hall–Kier alpha value is -2.60. The van der Waals surface area contributed by atoms with E-state index in [1.807, 2.05) is 6.07 Å². The van der Waals surface area contributed by atoms with Gasteiger partial charge in [0.25, 0.3) is 0 Å². The van der Waals surface area contributed by atoms with Gasteiger partial charge in [0, 0.05) is 31.1 Å². The first-order chi connectivity index (χ1) is 12.7. The number of aryl methyl sites for hydroxylation is 1. The molecule has 0 atom stereocenters. The van der Waals surface area contributed by atoms with E-state index >= 15 is 0 Å². The maximum Gasteiger partial charge on any atom is 0.191 e. The van der Waals surface area contributed by atoms with E-state index in [9.17, 15) is 0 Å². The van der Waals surface area contributed by atoms with Crippen molar-refractivity contribution >= 4 is 17.4 Å². The highest BCUT2D eigenvalue weighted by Gasteiger charge is 2.13. The first kappa shape index (κ1) is 16.8. The van der Waals surface area contributed by atoms with Crippen LogP contribution in [0.2, 0.25) is 0 Å². The molecule has 0 aliphatic carbocycles. The summed E-state index contributed by atoms with van der Waals surface area (Å²) in [6, 6.07) is 14.5. The Morgan fingerprint density at radius 1 is 1.00 bits per heavy atom.